The molecule has 3 nitrogen and oxygen atoms in total. The molecule has 28 heavy (non-hydrogen) atoms. The highest BCUT2D eigenvalue weighted by molar-refractivity contribution is 7.17. The van der Waals surface area contributed by atoms with Gasteiger partial charge in [-0.05, 0) is 38.1 Å². The molecule has 0 bridgehead atoms. The molecule has 4 aromatic rings. The van der Waals surface area contributed by atoms with Crippen molar-refractivity contribution in [1.82, 2.24) is 9.55 Å². The van der Waals surface area contributed by atoms with Gasteiger partial charge in [-0.3, -0.25) is 0 Å². The van der Waals surface area contributed by atoms with Crippen LogP contribution in [0.5, 0.6) is 5.75 Å². The van der Waals surface area contributed by atoms with Crippen molar-refractivity contribution in [3.63, 3.8) is 0 Å². The van der Waals surface area contributed by atoms with Gasteiger partial charge in [0, 0.05) is 27.9 Å². The molecule has 0 saturated heterocycles. The summed E-state index contributed by atoms with van der Waals surface area (Å²) in [5, 5.41) is 0. The molecular formula is C21H18Cl2N2OS2. The second-order valence-corrected chi connectivity index (χ2v) is 10.2. The van der Waals surface area contributed by atoms with Crippen molar-refractivity contribution in [1.29, 1.82) is 0 Å². The first kappa shape index (κ1) is 19.5. The van der Waals surface area contributed by atoms with E-state index in [1.165, 1.54) is 0 Å². The van der Waals surface area contributed by atoms with Gasteiger partial charge in [0.2, 0.25) is 0 Å². The number of aromatic nitrogens is 2. The van der Waals surface area contributed by atoms with E-state index >= 15 is 0 Å². The van der Waals surface area contributed by atoms with Crippen molar-refractivity contribution in [2.75, 3.05) is 7.11 Å². The van der Waals surface area contributed by atoms with Crippen molar-refractivity contribution in [3.8, 4) is 39.7 Å². The maximum atomic E-state index is 6.32. The number of rotatable bonds is 4. The van der Waals surface area contributed by atoms with E-state index in [-0.39, 0.29) is 0 Å². The maximum absolute atomic E-state index is 6.32. The van der Waals surface area contributed by atoms with Gasteiger partial charge in [-0.25, -0.2) is 4.98 Å². The first-order valence-corrected chi connectivity index (χ1v) is 11.0. The zero-order valence-electron chi connectivity index (χ0n) is 15.8. The van der Waals surface area contributed by atoms with E-state index in [9.17, 15) is 0 Å². The monoisotopic (exact) mass is 448 g/mol. The van der Waals surface area contributed by atoms with Gasteiger partial charge in [0.15, 0.2) is 0 Å². The molecule has 4 rings (SSSR count). The first-order valence-electron chi connectivity index (χ1n) is 8.63. The number of halogens is 2. The summed E-state index contributed by atoms with van der Waals surface area (Å²) < 4.78 is 9.21. The van der Waals surface area contributed by atoms with Crippen molar-refractivity contribution >= 4 is 45.9 Å². The van der Waals surface area contributed by atoms with Crippen LogP contribution in [0.4, 0.5) is 0 Å². The molecule has 0 unspecified atom stereocenters. The number of thiophene rings is 2. The number of nitrogens with zero attached hydrogens (tertiary/aromatic N) is 2. The second-order valence-electron chi connectivity index (χ2n) is 6.43. The third-order valence-electron chi connectivity index (χ3n) is 4.73. The predicted molar refractivity (Wildman–Crippen MR) is 121 cm³/mol. The van der Waals surface area contributed by atoms with Gasteiger partial charge in [-0.1, -0.05) is 35.3 Å². The lowest BCUT2D eigenvalue weighted by molar-refractivity contribution is 0.416. The highest BCUT2D eigenvalue weighted by Crippen LogP contribution is 2.44. The molecule has 3 aromatic heterocycles. The van der Waals surface area contributed by atoms with E-state index in [2.05, 4.69) is 18.4 Å². The van der Waals surface area contributed by atoms with Crippen LogP contribution in [0.3, 0.4) is 0 Å². The Morgan fingerprint density at radius 2 is 1.54 bits per heavy atom. The molecular weight excluding hydrogens is 431 g/mol. The largest absolute Gasteiger partial charge is 0.496 e. The lowest BCUT2D eigenvalue weighted by Gasteiger charge is -2.10. The summed E-state index contributed by atoms with van der Waals surface area (Å²) in [6.45, 7) is 4.15. The van der Waals surface area contributed by atoms with Crippen molar-refractivity contribution in [2.45, 2.75) is 13.8 Å². The lowest BCUT2D eigenvalue weighted by atomic mass is 10.1. The number of benzene rings is 1. The normalized spacial score (nSPS) is 11.2. The van der Waals surface area contributed by atoms with E-state index in [0.717, 1.165) is 58.1 Å². The zero-order chi connectivity index (χ0) is 20.0. The van der Waals surface area contributed by atoms with Crippen LogP contribution in [0.1, 0.15) is 9.75 Å². The first-order chi connectivity index (χ1) is 13.4. The Bertz CT molecular complexity index is 1170. The van der Waals surface area contributed by atoms with Crippen molar-refractivity contribution in [2.24, 2.45) is 7.05 Å². The van der Waals surface area contributed by atoms with Gasteiger partial charge < -0.3 is 9.30 Å². The molecule has 0 aliphatic carbocycles. The topological polar surface area (TPSA) is 27.1 Å². The maximum Gasteiger partial charge on any atom is 0.144 e. The van der Waals surface area contributed by atoms with Gasteiger partial charge >= 0.3 is 0 Å². The number of imidazole rings is 1. The summed E-state index contributed by atoms with van der Waals surface area (Å²) >= 11 is 15.8. The molecule has 0 atom stereocenters. The fraction of sp³-hybridized carbons (Fsp3) is 0.190. The fourth-order valence-electron chi connectivity index (χ4n) is 3.43. The molecule has 0 radical (unpaired) electrons. The minimum atomic E-state index is 0.753. The SMILES string of the molecule is COc1ccccc1-c1nc(-c2cc(Cl)sc2C)c(-c2cc(Cl)sc2C)n1C. The van der Waals surface area contributed by atoms with Gasteiger partial charge in [0.25, 0.3) is 0 Å². The van der Waals surface area contributed by atoms with Crippen LogP contribution in [0, 0.1) is 13.8 Å². The molecule has 0 aliphatic rings. The van der Waals surface area contributed by atoms with Gasteiger partial charge in [-0.2, -0.15) is 0 Å². The van der Waals surface area contributed by atoms with Crippen LogP contribution < -0.4 is 4.74 Å². The number of methoxy groups -OCH3 is 1. The number of aryl methyl sites for hydroxylation is 2. The summed E-state index contributed by atoms with van der Waals surface area (Å²) in [7, 11) is 3.71. The molecule has 144 valence electrons. The number of para-hydroxylation sites is 1. The minimum Gasteiger partial charge on any atom is -0.496 e. The van der Waals surface area contributed by atoms with E-state index in [1.807, 2.05) is 43.4 Å². The Morgan fingerprint density at radius 1 is 0.929 bits per heavy atom. The average molecular weight is 449 g/mol. The molecule has 3 heterocycles. The van der Waals surface area contributed by atoms with Crippen LogP contribution in [0.15, 0.2) is 36.4 Å². The Hall–Kier alpha value is -1.79. The molecule has 0 spiro atoms. The van der Waals surface area contributed by atoms with Crippen LogP contribution in [0.2, 0.25) is 8.67 Å². The summed E-state index contributed by atoms with van der Waals surface area (Å²) in [6.07, 6.45) is 0. The highest BCUT2D eigenvalue weighted by atomic mass is 35.5. The molecule has 0 aliphatic heterocycles. The fourth-order valence-corrected chi connectivity index (χ4v) is 5.81. The third-order valence-corrected chi connectivity index (χ3v) is 7.09. The molecule has 7 heteroatoms. The summed E-state index contributed by atoms with van der Waals surface area (Å²) in [5.74, 6) is 1.62. The Labute approximate surface area is 182 Å². The molecule has 0 amide bonds. The molecule has 1 aromatic carbocycles. The molecule has 0 N–H and O–H groups in total. The quantitative estimate of drug-likeness (QED) is 0.323. The number of hydrogen-bond acceptors (Lipinski definition) is 4. The minimum absolute atomic E-state index is 0.753. The van der Waals surface area contributed by atoms with Gasteiger partial charge in [-0.15, -0.1) is 22.7 Å². The smallest absolute Gasteiger partial charge is 0.144 e. The lowest BCUT2D eigenvalue weighted by Crippen LogP contribution is -1.97. The van der Waals surface area contributed by atoms with Crippen LogP contribution in [-0.2, 0) is 7.05 Å². The zero-order valence-corrected chi connectivity index (χ0v) is 19.0. The molecule has 0 fully saturated rings. The standard InChI is InChI=1S/C21H18Cl2N2OS2/c1-11-14(9-17(22)27-11)19-20(15-10-18(23)28-12(15)2)25(3)21(24-19)13-7-5-6-8-16(13)26-4/h5-10H,1-4H3. The Morgan fingerprint density at radius 3 is 2.11 bits per heavy atom. The van der Waals surface area contributed by atoms with E-state index < -0.39 is 0 Å². The summed E-state index contributed by atoms with van der Waals surface area (Å²) in [6, 6.07) is 11.9. The third kappa shape index (κ3) is 3.26. The van der Waals surface area contributed by atoms with E-state index in [1.54, 1.807) is 29.8 Å². The molecule has 0 saturated carbocycles. The van der Waals surface area contributed by atoms with E-state index in [4.69, 9.17) is 32.9 Å². The predicted octanol–water partition coefficient (Wildman–Crippen LogP) is 7.48. The van der Waals surface area contributed by atoms with E-state index in [0.29, 0.717) is 0 Å². The number of hydrogen-bond donors (Lipinski definition) is 0. The van der Waals surface area contributed by atoms with Gasteiger partial charge in [0.1, 0.15) is 11.6 Å². The van der Waals surface area contributed by atoms with Crippen LogP contribution in [0.25, 0.3) is 33.9 Å². The van der Waals surface area contributed by atoms with Crippen LogP contribution in [-0.4, -0.2) is 16.7 Å². The van der Waals surface area contributed by atoms with Crippen LogP contribution >= 0.6 is 45.9 Å². The van der Waals surface area contributed by atoms with Gasteiger partial charge in [0.05, 0.1) is 32.7 Å². The second kappa shape index (κ2) is 7.56. The average Bonchev–Trinajstić information content (AvgIpc) is 3.29. The van der Waals surface area contributed by atoms with Crippen molar-refractivity contribution < 1.29 is 4.74 Å². The Balaban J connectivity index is 2.05. The van der Waals surface area contributed by atoms with Crippen molar-refractivity contribution in [3.05, 3.63) is 54.8 Å². The summed E-state index contributed by atoms with van der Waals surface area (Å²) in [5.41, 5.74) is 5.00. The summed E-state index contributed by atoms with van der Waals surface area (Å²) in [4.78, 5) is 7.34. The number of ether oxygens (including phenoxy) is 1. The Kier molecular flexibility index (Phi) is 5.27. The highest BCUT2D eigenvalue weighted by Gasteiger charge is 2.24.